The van der Waals surface area contributed by atoms with E-state index >= 15 is 0 Å². The number of nitrogens with two attached hydrogens (primary N) is 1. The number of piperidine rings is 1. The van der Waals surface area contributed by atoms with Gasteiger partial charge >= 0.3 is 0 Å². The summed E-state index contributed by atoms with van der Waals surface area (Å²) in [6.45, 7) is 2.19. The van der Waals surface area contributed by atoms with E-state index in [1.807, 2.05) is 6.07 Å². The van der Waals surface area contributed by atoms with Crippen molar-refractivity contribution in [1.29, 1.82) is 0 Å². The number of benzene rings is 1. The van der Waals surface area contributed by atoms with Crippen molar-refractivity contribution < 1.29 is 4.74 Å². The van der Waals surface area contributed by atoms with E-state index in [9.17, 15) is 0 Å². The molecule has 92 valence electrons. The van der Waals surface area contributed by atoms with Crippen molar-refractivity contribution in [2.45, 2.75) is 25.3 Å². The number of hydrogen-bond acceptors (Lipinski definition) is 3. The predicted octanol–water partition coefficient (Wildman–Crippen LogP) is 1.62. The summed E-state index contributed by atoms with van der Waals surface area (Å²) in [5.41, 5.74) is 9.48. The molecule has 1 saturated heterocycles. The molecule has 3 nitrogen and oxygen atoms in total. The lowest BCUT2D eigenvalue weighted by molar-refractivity contribution is 0.174. The number of rotatable bonds is 1. The molecule has 17 heavy (non-hydrogen) atoms. The standard InChI is InChI=1S/C14H20N2O/c1-17-11-2-3-12-10(8-11)9-14(13(12)15)4-6-16-7-5-14/h2-3,8,13,16H,4-7,9,15H2,1H3. The first-order valence-corrected chi connectivity index (χ1v) is 6.38. The van der Waals surface area contributed by atoms with Gasteiger partial charge in [-0.1, -0.05) is 6.07 Å². The maximum absolute atomic E-state index is 6.48. The van der Waals surface area contributed by atoms with Gasteiger partial charge in [0, 0.05) is 6.04 Å². The molecule has 1 heterocycles. The van der Waals surface area contributed by atoms with E-state index in [1.54, 1.807) is 7.11 Å². The van der Waals surface area contributed by atoms with E-state index in [0.29, 0.717) is 5.41 Å². The molecule has 1 aliphatic heterocycles. The monoisotopic (exact) mass is 232 g/mol. The van der Waals surface area contributed by atoms with Crippen molar-refractivity contribution in [3.63, 3.8) is 0 Å². The second-order valence-corrected chi connectivity index (χ2v) is 5.33. The Labute approximate surface area is 102 Å². The van der Waals surface area contributed by atoms with Crippen molar-refractivity contribution in [2.75, 3.05) is 20.2 Å². The Bertz CT molecular complexity index is 424. The van der Waals surface area contributed by atoms with Gasteiger partial charge in [0.2, 0.25) is 0 Å². The number of ether oxygens (including phenoxy) is 1. The van der Waals surface area contributed by atoms with Crippen LogP contribution in [0.3, 0.4) is 0 Å². The van der Waals surface area contributed by atoms with Gasteiger partial charge in [0.25, 0.3) is 0 Å². The van der Waals surface area contributed by atoms with Crippen LogP contribution in [0.1, 0.15) is 30.0 Å². The second kappa shape index (κ2) is 4.00. The molecule has 2 aliphatic rings. The van der Waals surface area contributed by atoms with Crippen LogP contribution in [-0.2, 0) is 6.42 Å². The SMILES string of the molecule is COc1ccc2c(c1)CC1(CCNCC1)C2N. The molecule has 1 spiro atoms. The molecule has 0 saturated carbocycles. The molecule has 1 aliphatic carbocycles. The number of methoxy groups -OCH3 is 1. The summed E-state index contributed by atoms with van der Waals surface area (Å²) in [5.74, 6) is 0.946. The molecule has 0 radical (unpaired) electrons. The molecule has 3 heteroatoms. The Hall–Kier alpha value is -1.06. The first-order valence-electron chi connectivity index (χ1n) is 6.38. The highest BCUT2D eigenvalue weighted by Crippen LogP contribution is 2.50. The third-order valence-electron chi connectivity index (χ3n) is 4.49. The normalized spacial score (nSPS) is 25.9. The van der Waals surface area contributed by atoms with Gasteiger partial charge in [-0.15, -0.1) is 0 Å². The average Bonchev–Trinajstić information content (AvgIpc) is 2.63. The van der Waals surface area contributed by atoms with Crippen LogP contribution in [0.15, 0.2) is 18.2 Å². The third kappa shape index (κ3) is 1.65. The molecule has 1 fully saturated rings. The van der Waals surface area contributed by atoms with E-state index in [1.165, 1.54) is 24.0 Å². The van der Waals surface area contributed by atoms with Crippen LogP contribution in [0, 0.1) is 5.41 Å². The van der Waals surface area contributed by atoms with E-state index in [2.05, 4.69) is 17.4 Å². The van der Waals surface area contributed by atoms with E-state index in [-0.39, 0.29) is 6.04 Å². The van der Waals surface area contributed by atoms with Crippen LogP contribution in [0.25, 0.3) is 0 Å². The number of fused-ring (bicyclic) bond motifs is 1. The Morgan fingerprint density at radius 3 is 2.82 bits per heavy atom. The highest BCUT2D eigenvalue weighted by atomic mass is 16.5. The fourth-order valence-electron chi connectivity index (χ4n) is 3.40. The van der Waals surface area contributed by atoms with Crippen molar-refractivity contribution in [3.05, 3.63) is 29.3 Å². The minimum atomic E-state index is 0.200. The van der Waals surface area contributed by atoms with Gasteiger partial charge in [-0.05, 0) is 61.0 Å². The number of nitrogens with one attached hydrogen (secondary N) is 1. The van der Waals surface area contributed by atoms with Gasteiger partial charge in [-0.25, -0.2) is 0 Å². The summed E-state index contributed by atoms with van der Waals surface area (Å²) < 4.78 is 5.30. The topological polar surface area (TPSA) is 47.3 Å². The fourth-order valence-corrected chi connectivity index (χ4v) is 3.40. The van der Waals surface area contributed by atoms with Crippen molar-refractivity contribution in [2.24, 2.45) is 11.1 Å². The first kappa shape index (κ1) is 11.1. The zero-order chi connectivity index (χ0) is 11.9. The molecular weight excluding hydrogens is 212 g/mol. The van der Waals surface area contributed by atoms with Crippen LogP contribution in [0.4, 0.5) is 0 Å². The minimum Gasteiger partial charge on any atom is -0.497 e. The lowest BCUT2D eigenvalue weighted by atomic mass is 9.73. The lowest BCUT2D eigenvalue weighted by Gasteiger charge is -2.37. The van der Waals surface area contributed by atoms with E-state index in [4.69, 9.17) is 10.5 Å². The van der Waals surface area contributed by atoms with Crippen molar-refractivity contribution >= 4 is 0 Å². The summed E-state index contributed by atoms with van der Waals surface area (Å²) in [7, 11) is 1.72. The van der Waals surface area contributed by atoms with Gasteiger partial charge in [0.15, 0.2) is 0 Å². The van der Waals surface area contributed by atoms with Gasteiger partial charge in [-0.3, -0.25) is 0 Å². The summed E-state index contributed by atoms with van der Waals surface area (Å²) >= 11 is 0. The Balaban J connectivity index is 1.95. The highest BCUT2D eigenvalue weighted by Gasteiger charge is 2.44. The summed E-state index contributed by atoms with van der Waals surface area (Å²) in [5, 5.41) is 3.43. The smallest absolute Gasteiger partial charge is 0.119 e. The van der Waals surface area contributed by atoms with Crippen LogP contribution in [0.2, 0.25) is 0 Å². The summed E-state index contributed by atoms with van der Waals surface area (Å²) in [6.07, 6.45) is 3.48. The van der Waals surface area contributed by atoms with Crippen LogP contribution >= 0.6 is 0 Å². The second-order valence-electron chi connectivity index (χ2n) is 5.33. The van der Waals surface area contributed by atoms with E-state index in [0.717, 1.165) is 25.3 Å². The van der Waals surface area contributed by atoms with E-state index < -0.39 is 0 Å². The molecule has 3 rings (SSSR count). The summed E-state index contributed by atoms with van der Waals surface area (Å²) in [6, 6.07) is 6.53. The van der Waals surface area contributed by atoms with Gasteiger partial charge in [-0.2, -0.15) is 0 Å². The first-order chi connectivity index (χ1) is 8.25. The van der Waals surface area contributed by atoms with Gasteiger partial charge in [0.1, 0.15) is 5.75 Å². The molecule has 1 atom stereocenters. The molecule has 0 amide bonds. The fraction of sp³-hybridized carbons (Fsp3) is 0.571. The van der Waals surface area contributed by atoms with Crippen molar-refractivity contribution in [1.82, 2.24) is 5.32 Å². The summed E-state index contributed by atoms with van der Waals surface area (Å²) in [4.78, 5) is 0. The molecular formula is C14H20N2O. The maximum Gasteiger partial charge on any atom is 0.119 e. The molecule has 0 bridgehead atoms. The average molecular weight is 232 g/mol. The molecule has 1 aromatic rings. The zero-order valence-electron chi connectivity index (χ0n) is 10.3. The Kier molecular flexibility index (Phi) is 2.60. The highest BCUT2D eigenvalue weighted by molar-refractivity contribution is 5.43. The largest absolute Gasteiger partial charge is 0.497 e. The molecule has 0 aromatic heterocycles. The van der Waals surface area contributed by atoms with Crippen molar-refractivity contribution in [3.8, 4) is 5.75 Å². The minimum absolute atomic E-state index is 0.200. The van der Waals surface area contributed by atoms with Gasteiger partial charge < -0.3 is 15.8 Å². The third-order valence-corrected chi connectivity index (χ3v) is 4.49. The van der Waals surface area contributed by atoms with Crippen LogP contribution < -0.4 is 15.8 Å². The molecule has 1 unspecified atom stereocenters. The quantitative estimate of drug-likeness (QED) is 0.773. The van der Waals surface area contributed by atoms with Gasteiger partial charge in [0.05, 0.1) is 7.11 Å². The van der Waals surface area contributed by atoms with Crippen LogP contribution in [0.5, 0.6) is 5.75 Å². The van der Waals surface area contributed by atoms with Crippen LogP contribution in [-0.4, -0.2) is 20.2 Å². The maximum atomic E-state index is 6.48. The Morgan fingerprint density at radius 2 is 2.12 bits per heavy atom. The zero-order valence-corrected chi connectivity index (χ0v) is 10.3. The predicted molar refractivity (Wildman–Crippen MR) is 68.2 cm³/mol. The Morgan fingerprint density at radius 1 is 1.35 bits per heavy atom. The lowest BCUT2D eigenvalue weighted by Crippen LogP contribution is -2.41. The number of hydrogen-bond donors (Lipinski definition) is 2. The molecule has 3 N–H and O–H groups in total. The molecule has 1 aromatic carbocycles.